The third-order valence-electron chi connectivity index (χ3n) is 2.77. The highest BCUT2D eigenvalue weighted by Gasteiger charge is 2.11. The monoisotopic (exact) mass is 276 g/mol. The summed E-state index contributed by atoms with van der Waals surface area (Å²) in [5, 5.41) is 11.1. The first-order chi connectivity index (χ1) is 9.63. The van der Waals surface area contributed by atoms with Gasteiger partial charge in [-0.25, -0.2) is 4.79 Å². The van der Waals surface area contributed by atoms with Crippen molar-refractivity contribution in [3.05, 3.63) is 48.6 Å². The van der Waals surface area contributed by atoms with Crippen LogP contribution in [-0.4, -0.2) is 41.6 Å². The summed E-state index contributed by atoms with van der Waals surface area (Å²) in [5.74, 6) is -0.926. The van der Waals surface area contributed by atoms with Crippen molar-refractivity contribution in [3.63, 3.8) is 0 Å². The Morgan fingerprint density at radius 2 is 2.00 bits per heavy atom. The Morgan fingerprint density at radius 3 is 2.60 bits per heavy atom. The quantitative estimate of drug-likeness (QED) is 0.712. The van der Waals surface area contributed by atoms with Crippen LogP contribution in [0.15, 0.2) is 43.0 Å². The molecule has 0 aliphatic heterocycles. The molecule has 0 fully saturated rings. The van der Waals surface area contributed by atoms with Gasteiger partial charge in [-0.1, -0.05) is 36.4 Å². The molecule has 0 spiro atoms. The number of rotatable bonds is 8. The molecule has 0 aliphatic carbocycles. The molecule has 1 rings (SSSR count). The van der Waals surface area contributed by atoms with E-state index in [2.05, 4.69) is 11.9 Å². The van der Waals surface area contributed by atoms with Crippen LogP contribution in [0.1, 0.15) is 12.0 Å². The molecule has 2 N–H and O–H groups in total. The van der Waals surface area contributed by atoms with E-state index < -0.39 is 5.97 Å². The number of nitrogens with one attached hydrogen (secondary N) is 1. The normalized spacial score (nSPS) is 9.80. The SMILES string of the molecule is C=CCN(CCc1ccccc1)C(=O)NCCC(=O)O. The molecule has 1 aromatic rings. The van der Waals surface area contributed by atoms with Gasteiger partial charge in [0.15, 0.2) is 0 Å². The Balaban J connectivity index is 2.44. The molecule has 20 heavy (non-hydrogen) atoms. The van der Waals surface area contributed by atoms with Crippen LogP contribution in [0.3, 0.4) is 0 Å². The zero-order valence-electron chi connectivity index (χ0n) is 11.4. The summed E-state index contributed by atoms with van der Waals surface area (Å²) >= 11 is 0. The Hall–Kier alpha value is -2.30. The topological polar surface area (TPSA) is 69.6 Å². The first-order valence-corrected chi connectivity index (χ1v) is 6.53. The number of hydrogen-bond donors (Lipinski definition) is 2. The average molecular weight is 276 g/mol. The van der Waals surface area contributed by atoms with E-state index in [1.165, 1.54) is 0 Å². The van der Waals surface area contributed by atoms with Gasteiger partial charge in [-0.05, 0) is 12.0 Å². The zero-order chi connectivity index (χ0) is 14.8. The predicted molar refractivity (Wildman–Crippen MR) is 77.6 cm³/mol. The van der Waals surface area contributed by atoms with Crippen LogP contribution in [0, 0.1) is 0 Å². The van der Waals surface area contributed by atoms with Crippen molar-refractivity contribution in [3.8, 4) is 0 Å². The second-order valence-electron chi connectivity index (χ2n) is 4.35. The number of urea groups is 1. The van der Waals surface area contributed by atoms with Gasteiger partial charge in [-0.2, -0.15) is 0 Å². The van der Waals surface area contributed by atoms with Gasteiger partial charge in [0.1, 0.15) is 0 Å². The number of carbonyl (C=O) groups is 2. The summed E-state index contributed by atoms with van der Waals surface area (Å²) in [4.78, 5) is 23.9. The third-order valence-corrected chi connectivity index (χ3v) is 2.77. The van der Waals surface area contributed by atoms with E-state index in [0.29, 0.717) is 13.1 Å². The summed E-state index contributed by atoms with van der Waals surface area (Å²) in [6, 6.07) is 9.62. The second-order valence-corrected chi connectivity index (χ2v) is 4.35. The van der Waals surface area contributed by atoms with E-state index in [1.807, 2.05) is 30.3 Å². The number of benzene rings is 1. The fourth-order valence-electron chi connectivity index (χ4n) is 1.73. The highest BCUT2D eigenvalue weighted by molar-refractivity contribution is 5.75. The molecule has 0 aromatic heterocycles. The smallest absolute Gasteiger partial charge is 0.317 e. The lowest BCUT2D eigenvalue weighted by Crippen LogP contribution is -2.41. The van der Waals surface area contributed by atoms with Gasteiger partial charge in [0.2, 0.25) is 0 Å². The summed E-state index contributed by atoms with van der Waals surface area (Å²) in [7, 11) is 0. The Labute approximate surface area is 118 Å². The van der Waals surface area contributed by atoms with Gasteiger partial charge in [0, 0.05) is 19.6 Å². The molecular weight excluding hydrogens is 256 g/mol. The van der Waals surface area contributed by atoms with Crippen LogP contribution in [0.25, 0.3) is 0 Å². The summed E-state index contributed by atoms with van der Waals surface area (Å²) < 4.78 is 0. The van der Waals surface area contributed by atoms with Crippen LogP contribution in [-0.2, 0) is 11.2 Å². The Morgan fingerprint density at radius 1 is 1.30 bits per heavy atom. The number of carboxylic acid groups (broad SMARTS) is 1. The molecule has 0 saturated carbocycles. The molecule has 0 saturated heterocycles. The molecule has 108 valence electrons. The first-order valence-electron chi connectivity index (χ1n) is 6.53. The third kappa shape index (κ3) is 6.04. The minimum atomic E-state index is -0.926. The minimum absolute atomic E-state index is 0.0770. The maximum atomic E-state index is 11.9. The molecule has 0 unspecified atom stereocenters. The van der Waals surface area contributed by atoms with Crippen molar-refractivity contribution >= 4 is 12.0 Å². The number of hydrogen-bond acceptors (Lipinski definition) is 2. The van der Waals surface area contributed by atoms with Gasteiger partial charge >= 0.3 is 12.0 Å². The number of carboxylic acids is 1. The van der Waals surface area contributed by atoms with E-state index in [1.54, 1.807) is 11.0 Å². The van der Waals surface area contributed by atoms with E-state index in [4.69, 9.17) is 5.11 Å². The number of carbonyl (C=O) groups excluding carboxylic acids is 1. The van der Waals surface area contributed by atoms with Gasteiger partial charge in [-0.15, -0.1) is 6.58 Å². The highest BCUT2D eigenvalue weighted by Crippen LogP contribution is 2.02. The highest BCUT2D eigenvalue weighted by atomic mass is 16.4. The van der Waals surface area contributed by atoms with Crippen molar-refractivity contribution in [1.29, 1.82) is 0 Å². The van der Waals surface area contributed by atoms with Crippen LogP contribution < -0.4 is 5.32 Å². The second kappa shape index (κ2) is 8.74. The molecule has 0 bridgehead atoms. The Kier molecular flexibility index (Phi) is 6.89. The van der Waals surface area contributed by atoms with Crippen molar-refractivity contribution in [2.45, 2.75) is 12.8 Å². The van der Waals surface area contributed by atoms with Crippen molar-refractivity contribution in [1.82, 2.24) is 10.2 Å². The molecule has 0 aliphatic rings. The van der Waals surface area contributed by atoms with Crippen molar-refractivity contribution in [2.24, 2.45) is 0 Å². The van der Waals surface area contributed by atoms with E-state index >= 15 is 0 Å². The maximum absolute atomic E-state index is 11.9. The van der Waals surface area contributed by atoms with Crippen LogP contribution >= 0.6 is 0 Å². The summed E-state index contributed by atoms with van der Waals surface area (Å²) in [6.45, 7) is 4.76. The number of nitrogens with zero attached hydrogens (tertiary/aromatic N) is 1. The first kappa shape index (κ1) is 15.8. The van der Waals surface area contributed by atoms with Crippen LogP contribution in [0.4, 0.5) is 4.79 Å². The van der Waals surface area contributed by atoms with Crippen molar-refractivity contribution < 1.29 is 14.7 Å². The predicted octanol–water partition coefficient (Wildman–Crippen LogP) is 1.90. The summed E-state index contributed by atoms with van der Waals surface area (Å²) in [6.07, 6.45) is 2.33. The van der Waals surface area contributed by atoms with E-state index in [-0.39, 0.29) is 19.0 Å². The largest absolute Gasteiger partial charge is 0.481 e. The molecule has 2 amide bonds. The number of amides is 2. The van der Waals surface area contributed by atoms with Crippen molar-refractivity contribution in [2.75, 3.05) is 19.6 Å². The lowest BCUT2D eigenvalue weighted by molar-refractivity contribution is -0.136. The number of aliphatic carboxylic acids is 1. The molecule has 0 heterocycles. The lowest BCUT2D eigenvalue weighted by Gasteiger charge is -2.21. The average Bonchev–Trinajstić information content (AvgIpc) is 2.44. The van der Waals surface area contributed by atoms with Gasteiger partial charge < -0.3 is 15.3 Å². The Bertz CT molecular complexity index is 446. The fraction of sp³-hybridized carbons (Fsp3) is 0.333. The standard InChI is InChI=1S/C15H20N2O3/c1-2-11-17(15(20)16-10-8-14(18)19)12-9-13-6-4-3-5-7-13/h2-7H,1,8-12H2,(H,16,20)(H,18,19). The van der Waals surface area contributed by atoms with E-state index in [9.17, 15) is 9.59 Å². The van der Waals surface area contributed by atoms with Gasteiger partial charge in [0.05, 0.1) is 6.42 Å². The van der Waals surface area contributed by atoms with Crippen LogP contribution in [0.5, 0.6) is 0 Å². The van der Waals surface area contributed by atoms with Gasteiger partial charge in [0.25, 0.3) is 0 Å². The molecule has 0 radical (unpaired) electrons. The van der Waals surface area contributed by atoms with Crippen LogP contribution in [0.2, 0.25) is 0 Å². The lowest BCUT2D eigenvalue weighted by atomic mass is 10.1. The van der Waals surface area contributed by atoms with Gasteiger partial charge in [-0.3, -0.25) is 4.79 Å². The molecule has 0 atom stereocenters. The molecule has 1 aromatic carbocycles. The molecular formula is C15H20N2O3. The molecule has 5 nitrogen and oxygen atoms in total. The summed E-state index contributed by atoms with van der Waals surface area (Å²) in [5.41, 5.74) is 1.15. The molecule has 5 heteroatoms. The fourth-order valence-corrected chi connectivity index (χ4v) is 1.73. The zero-order valence-corrected chi connectivity index (χ0v) is 11.4. The van der Waals surface area contributed by atoms with E-state index in [0.717, 1.165) is 12.0 Å². The minimum Gasteiger partial charge on any atom is -0.481 e. The maximum Gasteiger partial charge on any atom is 0.317 e.